The maximum atomic E-state index is 5.68. The van der Waals surface area contributed by atoms with Crippen LogP contribution in [0.3, 0.4) is 0 Å². The van der Waals surface area contributed by atoms with E-state index in [0.29, 0.717) is 0 Å². The van der Waals surface area contributed by atoms with Crippen molar-refractivity contribution in [3.63, 3.8) is 0 Å². The highest BCUT2D eigenvalue weighted by Crippen LogP contribution is 2.24. The van der Waals surface area contributed by atoms with Crippen LogP contribution >= 0.6 is 11.6 Å². The van der Waals surface area contributed by atoms with Crippen molar-refractivity contribution in [1.29, 1.82) is 0 Å². The number of nitrogens with two attached hydrogens (primary N) is 1. The van der Waals surface area contributed by atoms with Gasteiger partial charge in [-0.05, 0) is 6.07 Å². The van der Waals surface area contributed by atoms with Crippen molar-refractivity contribution in [2.24, 2.45) is 5.73 Å². The van der Waals surface area contributed by atoms with Gasteiger partial charge in [-0.15, -0.1) is 11.6 Å². The second-order valence-corrected chi connectivity index (χ2v) is 2.61. The normalized spacial score (nSPS) is 12.6. The molecule has 0 saturated heterocycles. The first-order chi connectivity index (χ1) is 5.25. The van der Waals surface area contributed by atoms with Gasteiger partial charge in [-0.3, -0.25) is 0 Å². The van der Waals surface area contributed by atoms with Gasteiger partial charge in [0.15, 0.2) is 0 Å². The molecule has 0 spiro atoms. The summed E-state index contributed by atoms with van der Waals surface area (Å²) in [4.78, 5) is 0. The third-order valence-corrected chi connectivity index (χ3v) is 1.67. The van der Waals surface area contributed by atoms with Crippen LogP contribution in [0.15, 0.2) is 24.3 Å². The van der Waals surface area contributed by atoms with E-state index in [0.717, 1.165) is 11.3 Å². The molecule has 2 N–H and O–H groups in total. The van der Waals surface area contributed by atoms with E-state index in [9.17, 15) is 0 Å². The molecule has 1 rings (SSSR count). The topological polar surface area (TPSA) is 35.2 Å². The summed E-state index contributed by atoms with van der Waals surface area (Å²) in [6.07, 6.45) is 0. The van der Waals surface area contributed by atoms with Gasteiger partial charge in [0.1, 0.15) is 11.3 Å². The van der Waals surface area contributed by atoms with Gasteiger partial charge in [0.05, 0.1) is 7.11 Å². The molecule has 0 amide bonds. The van der Waals surface area contributed by atoms with Gasteiger partial charge in [-0.2, -0.15) is 0 Å². The predicted molar refractivity (Wildman–Crippen MR) is 45.8 cm³/mol. The lowest BCUT2D eigenvalue weighted by Crippen LogP contribution is -2.03. The van der Waals surface area contributed by atoms with Crippen LogP contribution in [0, 0.1) is 0 Å². The van der Waals surface area contributed by atoms with E-state index in [1.54, 1.807) is 7.11 Å². The Bertz CT molecular complexity index is 237. The van der Waals surface area contributed by atoms with E-state index in [-0.39, 0.29) is 0 Å². The number of rotatable bonds is 2. The Morgan fingerprint density at radius 3 is 2.55 bits per heavy atom. The first kappa shape index (κ1) is 8.37. The molecule has 1 unspecified atom stereocenters. The summed E-state index contributed by atoms with van der Waals surface area (Å²) < 4.78 is 5.04. The molecule has 2 nitrogen and oxygen atoms in total. The molecule has 0 bridgehead atoms. The average molecular weight is 172 g/mol. The Morgan fingerprint density at radius 2 is 2.09 bits per heavy atom. The van der Waals surface area contributed by atoms with Crippen molar-refractivity contribution in [3.05, 3.63) is 29.8 Å². The van der Waals surface area contributed by atoms with E-state index < -0.39 is 5.50 Å². The standard InChI is InChI=1S/C8H10ClNO/c1-11-7-5-3-2-4-6(7)8(9)10/h2-5,8H,10H2,1H3. The molecule has 11 heavy (non-hydrogen) atoms. The Morgan fingerprint density at radius 1 is 1.45 bits per heavy atom. The average Bonchev–Trinajstić information content (AvgIpc) is 2.04. The summed E-state index contributed by atoms with van der Waals surface area (Å²) in [7, 11) is 1.60. The monoisotopic (exact) mass is 171 g/mol. The minimum Gasteiger partial charge on any atom is -0.496 e. The number of ether oxygens (including phenoxy) is 1. The first-order valence-corrected chi connectivity index (χ1v) is 3.72. The van der Waals surface area contributed by atoms with Gasteiger partial charge in [0, 0.05) is 5.56 Å². The molecular formula is C8H10ClNO. The predicted octanol–water partition coefficient (Wildman–Crippen LogP) is 1.89. The van der Waals surface area contributed by atoms with Crippen molar-refractivity contribution < 1.29 is 4.74 Å². The van der Waals surface area contributed by atoms with Crippen molar-refractivity contribution in [2.75, 3.05) is 7.11 Å². The van der Waals surface area contributed by atoms with Crippen molar-refractivity contribution in [3.8, 4) is 5.75 Å². The Labute approximate surface area is 70.9 Å². The zero-order chi connectivity index (χ0) is 8.27. The fraction of sp³-hybridized carbons (Fsp3) is 0.250. The highest BCUT2D eigenvalue weighted by Gasteiger charge is 2.06. The van der Waals surface area contributed by atoms with Gasteiger partial charge < -0.3 is 10.5 Å². The van der Waals surface area contributed by atoms with Gasteiger partial charge >= 0.3 is 0 Å². The molecule has 0 heterocycles. The number of hydrogen-bond acceptors (Lipinski definition) is 2. The molecule has 1 aromatic carbocycles. The number of halogens is 1. The Hall–Kier alpha value is -0.730. The molecule has 60 valence electrons. The maximum Gasteiger partial charge on any atom is 0.124 e. The fourth-order valence-electron chi connectivity index (χ4n) is 0.894. The third kappa shape index (κ3) is 1.85. The Balaban J connectivity index is 3.02. The molecule has 0 fully saturated rings. The summed E-state index contributed by atoms with van der Waals surface area (Å²) in [5.74, 6) is 0.731. The van der Waals surface area contributed by atoms with Crippen LogP contribution in [-0.4, -0.2) is 7.11 Å². The van der Waals surface area contributed by atoms with Gasteiger partial charge in [0.25, 0.3) is 0 Å². The Kier molecular flexibility index (Phi) is 2.74. The summed E-state index contributed by atoms with van der Waals surface area (Å²) in [5.41, 5.74) is 5.80. The molecule has 0 radical (unpaired) electrons. The second-order valence-electron chi connectivity index (χ2n) is 2.14. The van der Waals surface area contributed by atoms with Crippen LogP contribution in [0.4, 0.5) is 0 Å². The lowest BCUT2D eigenvalue weighted by molar-refractivity contribution is 0.409. The van der Waals surface area contributed by atoms with Crippen LogP contribution in [0.2, 0.25) is 0 Å². The minimum absolute atomic E-state index is 0.494. The smallest absolute Gasteiger partial charge is 0.124 e. The minimum atomic E-state index is -0.494. The summed E-state index contributed by atoms with van der Waals surface area (Å²) in [6.45, 7) is 0. The van der Waals surface area contributed by atoms with Crippen LogP contribution in [0.5, 0.6) is 5.75 Å². The van der Waals surface area contributed by atoms with E-state index in [1.807, 2.05) is 24.3 Å². The largest absolute Gasteiger partial charge is 0.496 e. The molecule has 3 heteroatoms. The number of alkyl halides is 1. The molecule has 1 atom stereocenters. The van der Waals surface area contributed by atoms with Crippen LogP contribution in [-0.2, 0) is 0 Å². The van der Waals surface area contributed by atoms with Gasteiger partial charge in [-0.25, -0.2) is 0 Å². The molecule has 0 aliphatic rings. The summed E-state index contributed by atoms with van der Waals surface area (Å²) in [6, 6.07) is 7.43. The van der Waals surface area contributed by atoms with Crippen molar-refractivity contribution in [1.82, 2.24) is 0 Å². The lowest BCUT2D eigenvalue weighted by atomic mass is 10.2. The number of hydrogen-bond donors (Lipinski definition) is 1. The van der Waals surface area contributed by atoms with Gasteiger partial charge in [-0.1, -0.05) is 18.2 Å². The molecule has 0 aliphatic heterocycles. The number of benzene rings is 1. The quantitative estimate of drug-likeness (QED) is 0.545. The van der Waals surface area contributed by atoms with Crippen LogP contribution < -0.4 is 10.5 Å². The number of methoxy groups -OCH3 is 1. The second kappa shape index (κ2) is 3.60. The summed E-state index contributed by atoms with van der Waals surface area (Å²) >= 11 is 5.68. The SMILES string of the molecule is COc1ccccc1C(N)Cl. The number of para-hydroxylation sites is 1. The van der Waals surface area contributed by atoms with E-state index in [2.05, 4.69) is 0 Å². The van der Waals surface area contributed by atoms with Crippen molar-refractivity contribution >= 4 is 11.6 Å². The lowest BCUT2D eigenvalue weighted by Gasteiger charge is -2.08. The molecule has 0 saturated carbocycles. The summed E-state index contributed by atoms with van der Waals surface area (Å²) in [5, 5.41) is 0. The van der Waals surface area contributed by atoms with Crippen LogP contribution in [0.1, 0.15) is 11.1 Å². The zero-order valence-corrected chi connectivity index (χ0v) is 7.01. The fourth-order valence-corrected chi connectivity index (χ4v) is 1.07. The molecule has 0 aliphatic carbocycles. The highest BCUT2D eigenvalue weighted by atomic mass is 35.5. The van der Waals surface area contributed by atoms with Gasteiger partial charge in [0.2, 0.25) is 0 Å². The van der Waals surface area contributed by atoms with Crippen LogP contribution in [0.25, 0.3) is 0 Å². The first-order valence-electron chi connectivity index (χ1n) is 3.28. The molecule has 0 aromatic heterocycles. The van der Waals surface area contributed by atoms with Crippen molar-refractivity contribution in [2.45, 2.75) is 5.50 Å². The van der Waals surface area contributed by atoms with E-state index in [1.165, 1.54) is 0 Å². The van der Waals surface area contributed by atoms with E-state index >= 15 is 0 Å². The zero-order valence-electron chi connectivity index (χ0n) is 6.25. The molecular weight excluding hydrogens is 162 g/mol. The highest BCUT2D eigenvalue weighted by molar-refractivity contribution is 6.20. The third-order valence-electron chi connectivity index (χ3n) is 1.44. The maximum absolute atomic E-state index is 5.68. The molecule has 1 aromatic rings. The van der Waals surface area contributed by atoms with E-state index in [4.69, 9.17) is 22.1 Å².